The maximum atomic E-state index is 12.9. The highest BCUT2D eigenvalue weighted by molar-refractivity contribution is 7.10. The van der Waals surface area contributed by atoms with Crippen molar-refractivity contribution in [2.45, 2.75) is 51.6 Å². The van der Waals surface area contributed by atoms with Crippen LogP contribution in [0.1, 0.15) is 58.5 Å². The Hall–Kier alpha value is -2.79. The Morgan fingerprint density at radius 2 is 2.03 bits per heavy atom. The Morgan fingerprint density at radius 3 is 2.71 bits per heavy atom. The first-order valence-electron chi connectivity index (χ1n) is 11.2. The maximum Gasteiger partial charge on any atom is 0.389 e. The second-order valence-electron chi connectivity index (χ2n) is 8.57. The number of hydrogen-bond acceptors (Lipinski definition) is 6. The van der Waals surface area contributed by atoms with Crippen molar-refractivity contribution < 1.29 is 18.0 Å². The summed E-state index contributed by atoms with van der Waals surface area (Å²) < 4.78 is 38.8. The van der Waals surface area contributed by atoms with Crippen LogP contribution in [0, 0.1) is 13.8 Å². The first kappa shape index (κ1) is 24.3. The summed E-state index contributed by atoms with van der Waals surface area (Å²) in [7, 11) is 0. The van der Waals surface area contributed by atoms with Crippen molar-refractivity contribution >= 4 is 22.9 Å². The molecular weight excluding hydrogens is 465 g/mol. The van der Waals surface area contributed by atoms with E-state index >= 15 is 0 Å². The van der Waals surface area contributed by atoms with Gasteiger partial charge in [0.2, 0.25) is 0 Å². The van der Waals surface area contributed by atoms with E-state index in [-0.39, 0.29) is 18.2 Å². The number of aromatic nitrogens is 4. The second kappa shape index (κ2) is 10.2. The van der Waals surface area contributed by atoms with Crippen LogP contribution in [0.25, 0.3) is 5.82 Å². The molecule has 1 saturated heterocycles. The highest BCUT2D eigenvalue weighted by atomic mass is 32.1. The first-order chi connectivity index (χ1) is 16.2. The number of piperidine rings is 1. The Morgan fingerprint density at radius 1 is 1.26 bits per heavy atom. The molecule has 0 spiro atoms. The van der Waals surface area contributed by atoms with E-state index in [0.717, 1.165) is 42.3 Å². The van der Waals surface area contributed by atoms with Crippen LogP contribution < -0.4 is 5.32 Å². The van der Waals surface area contributed by atoms with Crippen LogP contribution in [0.15, 0.2) is 29.8 Å². The third-order valence-electron chi connectivity index (χ3n) is 5.87. The molecule has 4 heterocycles. The third-order valence-corrected chi connectivity index (χ3v) is 6.88. The van der Waals surface area contributed by atoms with Crippen LogP contribution in [-0.4, -0.2) is 56.4 Å². The molecule has 0 bridgehead atoms. The number of carbonyl (C=O) groups is 1. The van der Waals surface area contributed by atoms with Gasteiger partial charge in [-0.2, -0.15) is 18.3 Å². The van der Waals surface area contributed by atoms with Gasteiger partial charge in [-0.05, 0) is 70.9 Å². The largest absolute Gasteiger partial charge is 0.389 e. The molecule has 3 aromatic heterocycles. The van der Waals surface area contributed by atoms with Gasteiger partial charge in [-0.25, -0.2) is 14.6 Å². The summed E-state index contributed by atoms with van der Waals surface area (Å²) in [6.45, 7) is 5.76. The molecule has 0 saturated carbocycles. The summed E-state index contributed by atoms with van der Waals surface area (Å²) >= 11 is 1.45. The van der Waals surface area contributed by atoms with Crippen LogP contribution in [-0.2, 0) is 0 Å². The van der Waals surface area contributed by atoms with Crippen LogP contribution in [0.2, 0.25) is 0 Å². The van der Waals surface area contributed by atoms with Gasteiger partial charge in [0.1, 0.15) is 5.69 Å². The molecule has 7 nitrogen and oxygen atoms in total. The number of alkyl halides is 3. The number of nitrogens with zero attached hydrogens (tertiary/aromatic N) is 5. The summed E-state index contributed by atoms with van der Waals surface area (Å²) in [6, 6.07) is 5.47. The summed E-state index contributed by atoms with van der Waals surface area (Å²) in [6.07, 6.45) is -1.41. The molecule has 1 N–H and O–H groups in total. The van der Waals surface area contributed by atoms with Crippen molar-refractivity contribution in [2.75, 3.05) is 25.0 Å². The highest BCUT2D eigenvalue weighted by Crippen LogP contribution is 2.31. The lowest BCUT2D eigenvalue weighted by Crippen LogP contribution is -2.34. The lowest BCUT2D eigenvalue weighted by molar-refractivity contribution is -0.136. The lowest BCUT2D eigenvalue weighted by Gasteiger charge is -2.31. The quantitative estimate of drug-likeness (QED) is 0.496. The third kappa shape index (κ3) is 6.01. The normalized spacial score (nSPS) is 15.6. The van der Waals surface area contributed by atoms with Gasteiger partial charge in [0, 0.05) is 29.6 Å². The van der Waals surface area contributed by atoms with Crippen LogP contribution in [0.3, 0.4) is 0 Å². The number of aryl methyl sites for hydroxylation is 2. The van der Waals surface area contributed by atoms with Gasteiger partial charge in [-0.15, -0.1) is 11.3 Å². The minimum Gasteiger partial charge on any atom is -0.317 e. The van der Waals surface area contributed by atoms with Crippen molar-refractivity contribution in [1.29, 1.82) is 0 Å². The lowest BCUT2D eigenvalue weighted by atomic mass is 9.97. The van der Waals surface area contributed by atoms with E-state index in [0.29, 0.717) is 23.7 Å². The Kier molecular flexibility index (Phi) is 7.32. The van der Waals surface area contributed by atoms with Crippen molar-refractivity contribution in [3.05, 3.63) is 51.9 Å². The van der Waals surface area contributed by atoms with E-state index in [1.54, 1.807) is 28.4 Å². The van der Waals surface area contributed by atoms with E-state index in [1.807, 2.05) is 19.9 Å². The fraction of sp³-hybridized carbons (Fsp3) is 0.478. The summed E-state index contributed by atoms with van der Waals surface area (Å²) in [5.41, 5.74) is 2.65. The second-order valence-corrected chi connectivity index (χ2v) is 9.46. The number of amides is 1. The topological polar surface area (TPSA) is 75.9 Å². The number of nitrogens with one attached hydrogen (secondary N) is 1. The molecule has 0 atom stereocenters. The molecule has 1 aliphatic heterocycles. The van der Waals surface area contributed by atoms with Gasteiger partial charge in [0.05, 0.1) is 16.4 Å². The molecule has 11 heteroatoms. The minimum absolute atomic E-state index is 0.129. The molecule has 3 aromatic rings. The molecule has 1 amide bonds. The van der Waals surface area contributed by atoms with Gasteiger partial charge in [-0.3, -0.25) is 4.79 Å². The standard InChI is InChI=1S/C23H27F3N6OS/c1-15-13-16(2)32(30-15)20-18(5-3-9-27-20)28-21(33)19-14-34-22(29-19)17-6-11-31(12-7-17)10-4-8-23(24,25)26/h3,5,9,13-14,17H,4,6-8,10-12H2,1-2H3,(H,28,33). The Bertz CT molecular complexity index is 1130. The van der Waals surface area contributed by atoms with Gasteiger partial charge in [0.25, 0.3) is 5.91 Å². The van der Waals surface area contributed by atoms with Gasteiger partial charge >= 0.3 is 6.18 Å². The minimum atomic E-state index is -4.09. The summed E-state index contributed by atoms with van der Waals surface area (Å²) in [5.74, 6) is 0.437. The van der Waals surface area contributed by atoms with E-state index < -0.39 is 12.6 Å². The molecule has 0 unspecified atom stereocenters. The molecule has 34 heavy (non-hydrogen) atoms. The first-order valence-corrected chi connectivity index (χ1v) is 12.1. The number of halogens is 3. The highest BCUT2D eigenvalue weighted by Gasteiger charge is 2.28. The van der Waals surface area contributed by atoms with E-state index in [2.05, 4.69) is 25.3 Å². The fourth-order valence-electron chi connectivity index (χ4n) is 4.18. The predicted molar refractivity (Wildman–Crippen MR) is 125 cm³/mol. The number of hydrogen-bond donors (Lipinski definition) is 1. The summed E-state index contributed by atoms with van der Waals surface area (Å²) in [5, 5.41) is 10.00. The molecule has 1 fully saturated rings. The Balaban J connectivity index is 1.36. The zero-order chi connectivity index (χ0) is 24.3. The predicted octanol–water partition coefficient (Wildman–Crippen LogP) is 5.11. The number of carbonyl (C=O) groups excluding carboxylic acids is 1. The smallest absolute Gasteiger partial charge is 0.317 e. The molecule has 4 rings (SSSR count). The SMILES string of the molecule is Cc1cc(C)n(-c2ncccc2NC(=O)c2csc(C3CCN(CCCC(F)(F)F)CC3)n2)n1. The van der Waals surface area contributed by atoms with Crippen LogP contribution >= 0.6 is 11.3 Å². The van der Waals surface area contributed by atoms with Gasteiger partial charge in [-0.1, -0.05) is 0 Å². The van der Waals surface area contributed by atoms with E-state index in [1.165, 1.54) is 11.3 Å². The van der Waals surface area contributed by atoms with Crippen LogP contribution in [0.5, 0.6) is 0 Å². The van der Waals surface area contributed by atoms with E-state index in [9.17, 15) is 18.0 Å². The summed E-state index contributed by atoms with van der Waals surface area (Å²) in [4.78, 5) is 23.9. The number of pyridine rings is 1. The number of rotatable bonds is 7. The Labute approximate surface area is 200 Å². The van der Waals surface area contributed by atoms with Crippen molar-refractivity contribution in [2.24, 2.45) is 0 Å². The monoisotopic (exact) mass is 492 g/mol. The van der Waals surface area contributed by atoms with Gasteiger partial charge < -0.3 is 10.2 Å². The fourth-order valence-corrected chi connectivity index (χ4v) is 5.15. The zero-order valence-electron chi connectivity index (χ0n) is 19.1. The molecule has 0 aromatic carbocycles. The molecule has 182 valence electrons. The molecule has 1 aliphatic rings. The van der Waals surface area contributed by atoms with Crippen molar-refractivity contribution in [1.82, 2.24) is 24.6 Å². The van der Waals surface area contributed by atoms with Gasteiger partial charge in [0.15, 0.2) is 5.82 Å². The average molecular weight is 493 g/mol. The average Bonchev–Trinajstić information content (AvgIpc) is 3.40. The zero-order valence-corrected chi connectivity index (χ0v) is 19.9. The number of anilines is 1. The number of likely N-dealkylation sites (tertiary alicyclic amines) is 1. The van der Waals surface area contributed by atoms with Crippen LogP contribution in [0.4, 0.5) is 18.9 Å². The molecule has 0 radical (unpaired) electrons. The molecule has 0 aliphatic carbocycles. The van der Waals surface area contributed by atoms with E-state index in [4.69, 9.17) is 0 Å². The van der Waals surface area contributed by atoms with Crippen molar-refractivity contribution in [3.8, 4) is 5.82 Å². The maximum absolute atomic E-state index is 12.9. The number of thiazole rings is 1. The van der Waals surface area contributed by atoms with Crippen molar-refractivity contribution in [3.63, 3.8) is 0 Å². The molecular formula is C23H27F3N6OS.